The molecule has 0 aliphatic heterocycles. The Bertz CT molecular complexity index is 418. The topological polar surface area (TPSA) is 84.3 Å². The number of aliphatic carboxylic acids is 1. The van der Waals surface area contributed by atoms with E-state index in [0.717, 1.165) is 0 Å². The van der Waals surface area contributed by atoms with Gasteiger partial charge in [0, 0.05) is 18.8 Å². The van der Waals surface area contributed by atoms with Crippen molar-refractivity contribution < 1.29 is 14.6 Å². The van der Waals surface area contributed by atoms with Gasteiger partial charge in [0.1, 0.15) is 0 Å². The normalized spacial score (nSPS) is 16.3. The lowest BCUT2D eigenvalue weighted by Crippen LogP contribution is -2.25. The standard InChI is InChI=1S/C11H15N3O3/c1-2-17-8-3-6-12-10(14-8)13-7-11(4-5-11)9(15)16/h3,6H,2,4-5,7H2,1H3,(H,15,16)(H,12,13,14). The van der Waals surface area contributed by atoms with Gasteiger partial charge in [0.2, 0.25) is 11.8 Å². The predicted octanol–water partition coefficient (Wildman–Crippen LogP) is 1.15. The van der Waals surface area contributed by atoms with E-state index in [-0.39, 0.29) is 0 Å². The first kappa shape index (κ1) is 11.6. The van der Waals surface area contributed by atoms with Gasteiger partial charge in [0.05, 0.1) is 12.0 Å². The van der Waals surface area contributed by atoms with E-state index in [1.54, 1.807) is 12.3 Å². The second-order valence-corrected chi connectivity index (χ2v) is 4.09. The first-order valence-corrected chi connectivity index (χ1v) is 5.59. The third-order valence-corrected chi connectivity index (χ3v) is 2.81. The lowest BCUT2D eigenvalue weighted by atomic mass is 10.1. The molecule has 0 aromatic carbocycles. The molecule has 1 heterocycles. The van der Waals surface area contributed by atoms with E-state index in [2.05, 4.69) is 15.3 Å². The van der Waals surface area contributed by atoms with E-state index in [9.17, 15) is 4.79 Å². The summed E-state index contributed by atoms with van der Waals surface area (Å²) >= 11 is 0. The van der Waals surface area contributed by atoms with Crippen LogP contribution in [0.4, 0.5) is 5.95 Å². The van der Waals surface area contributed by atoms with E-state index in [1.165, 1.54) is 0 Å². The van der Waals surface area contributed by atoms with Gasteiger partial charge in [-0.3, -0.25) is 4.79 Å². The van der Waals surface area contributed by atoms with Crippen LogP contribution in [0.3, 0.4) is 0 Å². The van der Waals surface area contributed by atoms with Crippen LogP contribution < -0.4 is 10.1 Å². The number of hydrogen-bond acceptors (Lipinski definition) is 5. The van der Waals surface area contributed by atoms with Crippen molar-refractivity contribution in [2.75, 3.05) is 18.5 Å². The fraction of sp³-hybridized carbons (Fsp3) is 0.545. The van der Waals surface area contributed by atoms with Crippen LogP contribution in [0.5, 0.6) is 5.88 Å². The summed E-state index contributed by atoms with van der Waals surface area (Å²) in [6.07, 6.45) is 3.00. The molecule has 1 saturated carbocycles. The van der Waals surface area contributed by atoms with Crippen molar-refractivity contribution in [2.45, 2.75) is 19.8 Å². The van der Waals surface area contributed by atoms with Crippen molar-refractivity contribution in [3.05, 3.63) is 12.3 Å². The molecular weight excluding hydrogens is 222 g/mol. The Morgan fingerprint density at radius 1 is 1.65 bits per heavy atom. The van der Waals surface area contributed by atoms with Gasteiger partial charge >= 0.3 is 5.97 Å². The zero-order valence-corrected chi connectivity index (χ0v) is 9.64. The van der Waals surface area contributed by atoms with Crippen molar-refractivity contribution in [3.63, 3.8) is 0 Å². The van der Waals surface area contributed by atoms with E-state index in [1.807, 2.05) is 6.92 Å². The number of carboxylic acids is 1. The molecule has 0 saturated heterocycles. The number of carbonyl (C=O) groups is 1. The molecule has 1 aliphatic carbocycles. The first-order valence-electron chi connectivity index (χ1n) is 5.59. The van der Waals surface area contributed by atoms with Crippen LogP contribution in [0.2, 0.25) is 0 Å². The van der Waals surface area contributed by atoms with E-state index < -0.39 is 11.4 Å². The molecule has 6 nitrogen and oxygen atoms in total. The first-order chi connectivity index (χ1) is 8.16. The number of rotatable bonds is 6. The largest absolute Gasteiger partial charge is 0.481 e. The Kier molecular flexibility index (Phi) is 3.12. The monoisotopic (exact) mass is 237 g/mol. The number of hydrogen-bond donors (Lipinski definition) is 2. The van der Waals surface area contributed by atoms with Gasteiger partial charge in [-0.25, -0.2) is 4.98 Å². The van der Waals surface area contributed by atoms with Gasteiger partial charge in [0.25, 0.3) is 0 Å². The van der Waals surface area contributed by atoms with Crippen LogP contribution >= 0.6 is 0 Å². The van der Waals surface area contributed by atoms with E-state index >= 15 is 0 Å². The van der Waals surface area contributed by atoms with Gasteiger partial charge in [-0.2, -0.15) is 4.98 Å². The van der Waals surface area contributed by atoms with Gasteiger partial charge in [-0.15, -0.1) is 0 Å². The molecule has 0 spiro atoms. The Balaban J connectivity index is 1.95. The van der Waals surface area contributed by atoms with Gasteiger partial charge in [-0.05, 0) is 19.8 Å². The molecule has 0 unspecified atom stereocenters. The number of carboxylic acid groups (broad SMARTS) is 1. The summed E-state index contributed by atoms with van der Waals surface area (Å²) < 4.78 is 5.23. The minimum atomic E-state index is -0.758. The zero-order chi connectivity index (χ0) is 12.3. The van der Waals surface area contributed by atoms with Crippen LogP contribution in [0.1, 0.15) is 19.8 Å². The molecular formula is C11H15N3O3. The van der Waals surface area contributed by atoms with Crippen molar-refractivity contribution in [2.24, 2.45) is 5.41 Å². The zero-order valence-electron chi connectivity index (χ0n) is 9.64. The SMILES string of the molecule is CCOc1ccnc(NCC2(C(=O)O)CC2)n1. The average Bonchev–Trinajstić information content (AvgIpc) is 3.08. The lowest BCUT2D eigenvalue weighted by molar-refractivity contribution is -0.142. The number of anilines is 1. The van der Waals surface area contributed by atoms with E-state index in [4.69, 9.17) is 9.84 Å². The van der Waals surface area contributed by atoms with Crippen LogP contribution in [0.15, 0.2) is 12.3 Å². The Hall–Kier alpha value is -1.85. The van der Waals surface area contributed by atoms with Crippen molar-refractivity contribution in [1.82, 2.24) is 9.97 Å². The second-order valence-electron chi connectivity index (χ2n) is 4.09. The minimum Gasteiger partial charge on any atom is -0.481 e. The molecule has 0 bridgehead atoms. The van der Waals surface area contributed by atoms with Crippen LogP contribution in [0.25, 0.3) is 0 Å². The maximum atomic E-state index is 11.0. The Morgan fingerprint density at radius 2 is 2.41 bits per heavy atom. The molecule has 92 valence electrons. The minimum absolute atomic E-state index is 0.359. The summed E-state index contributed by atoms with van der Waals surface area (Å²) in [5.74, 6) is 0.139. The van der Waals surface area contributed by atoms with Gasteiger partial charge < -0.3 is 15.2 Å². The maximum Gasteiger partial charge on any atom is 0.311 e. The summed E-state index contributed by atoms with van der Waals surface area (Å²) in [6, 6.07) is 1.67. The number of nitrogens with zero attached hydrogens (tertiary/aromatic N) is 2. The van der Waals surface area contributed by atoms with E-state index in [0.29, 0.717) is 37.8 Å². The summed E-state index contributed by atoms with van der Waals surface area (Å²) in [4.78, 5) is 19.1. The molecule has 2 rings (SSSR count). The third kappa shape index (κ3) is 2.64. The number of ether oxygens (including phenoxy) is 1. The second kappa shape index (κ2) is 4.57. The predicted molar refractivity (Wildman–Crippen MR) is 61.0 cm³/mol. The molecule has 1 aromatic rings. The molecule has 17 heavy (non-hydrogen) atoms. The van der Waals surface area contributed by atoms with Crippen molar-refractivity contribution >= 4 is 11.9 Å². The molecule has 6 heteroatoms. The number of nitrogens with one attached hydrogen (secondary N) is 1. The van der Waals surface area contributed by atoms with Crippen LogP contribution in [-0.2, 0) is 4.79 Å². The average molecular weight is 237 g/mol. The number of aromatic nitrogens is 2. The highest BCUT2D eigenvalue weighted by Crippen LogP contribution is 2.45. The van der Waals surface area contributed by atoms with Crippen LogP contribution in [-0.4, -0.2) is 34.2 Å². The van der Waals surface area contributed by atoms with Gasteiger partial charge in [-0.1, -0.05) is 0 Å². The molecule has 2 N–H and O–H groups in total. The third-order valence-electron chi connectivity index (χ3n) is 2.81. The van der Waals surface area contributed by atoms with Crippen molar-refractivity contribution in [3.8, 4) is 5.88 Å². The smallest absolute Gasteiger partial charge is 0.311 e. The van der Waals surface area contributed by atoms with Gasteiger partial charge in [0.15, 0.2) is 0 Å². The molecule has 1 aromatic heterocycles. The summed E-state index contributed by atoms with van der Waals surface area (Å²) in [5.41, 5.74) is -0.620. The maximum absolute atomic E-state index is 11.0. The molecule has 0 atom stereocenters. The molecule has 0 radical (unpaired) electrons. The summed E-state index contributed by atoms with van der Waals surface area (Å²) in [6.45, 7) is 2.77. The highest BCUT2D eigenvalue weighted by Gasteiger charge is 2.50. The summed E-state index contributed by atoms with van der Waals surface area (Å²) in [5, 5.41) is 12.0. The van der Waals surface area contributed by atoms with Crippen molar-refractivity contribution in [1.29, 1.82) is 0 Å². The molecule has 0 amide bonds. The Morgan fingerprint density at radius 3 is 3.00 bits per heavy atom. The summed E-state index contributed by atoms with van der Waals surface area (Å²) in [7, 11) is 0. The quantitative estimate of drug-likeness (QED) is 0.772. The highest BCUT2D eigenvalue weighted by atomic mass is 16.5. The highest BCUT2D eigenvalue weighted by molar-refractivity contribution is 5.78. The Labute approximate surface area is 99.0 Å². The fourth-order valence-electron chi connectivity index (χ4n) is 1.52. The molecule has 1 fully saturated rings. The van der Waals surface area contributed by atoms with Crippen LogP contribution in [0, 0.1) is 5.41 Å². The lowest BCUT2D eigenvalue weighted by Gasteiger charge is -2.11. The fourth-order valence-corrected chi connectivity index (χ4v) is 1.52. The molecule has 1 aliphatic rings.